The number of Topliss-reactive ketones (excluding diaryl/α,β-unsaturated/α-hetero) is 1. The first-order valence-corrected chi connectivity index (χ1v) is 8.18. The number of amides is 1. The number of nitrogens with zero attached hydrogens (tertiary/aromatic N) is 1. The fourth-order valence-corrected chi connectivity index (χ4v) is 2.74. The Balaban J connectivity index is 1.75. The third-order valence-electron chi connectivity index (χ3n) is 4.13. The lowest BCUT2D eigenvalue weighted by atomic mass is 9.89. The van der Waals surface area contributed by atoms with E-state index in [4.69, 9.17) is 4.74 Å². The first-order valence-electron chi connectivity index (χ1n) is 8.18. The molecule has 0 spiro atoms. The number of nitrogens with one attached hydrogen (secondary N) is 1. The largest absolute Gasteiger partial charge is 0.456 e. The summed E-state index contributed by atoms with van der Waals surface area (Å²) < 4.78 is 4.82. The molecule has 1 fully saturated rings. The highest BCUT2D eigenvalue weighted by atomic mass is 16.6. The number of ketones is 1. The molecule has 1 aliphatic rings. The highest BCUT2D eigenvalue weighted by molar-refractivity contribution is 5.98. The summed E-state index contributed by atoms with van der Waals surface area (Å²) in [6, 6.07) is 5.19. The SMILES string of the molecule is O=C(CNC(=O)C1CCCCC1)OCC(=O)c1cccc([N+](=O)[O-])c1. The molecule has 1 amide bonds. The summed E-state index contributed by atoms with van der Waals surface area (Å²) in [6.45, 7) is -0.823. The van der Waals surface area contributed by atoms with Gasteiger partial charge in [0, 0.05) is 23.6 Å². The molecule has 25 heavy (non-hydrogen) atoms. The number of nitro benzene ring substituents is 1. The molecule has 1 saturated carbocycles. The molecule has 0 aromatic heterocycles. The maximum Gasteiger partial charge on any atom is 0.325 e. The zero-order valence-corrected chi connectivity index (χ0v) is 13.7. The van der Waals surface area contributed by atoms with Gasteiger partial charge in [0.1, 0.15) is 6.54 Å². The number of carbonyl (C=O) groups excluding carboxylic acids is 3. The monoisotopic (exact) mass is 348 g/mol. The second kappa shape index (κ2) is 8.91. The standard InChI is InChI=1S/C17H20N2O6/c20-15(13-7-4-8-14(9-13)19(23)24)11-25-16(21)10-18-17(22)12-5-2-1-3-6-12/h4,7-9,12H,1-3,5-6,10-11H2,(H,18,22). The molecule has 1 aromatic carbocycles. The van der Waals surface area contributed by atoms with Crippen molar-refractivity contribution in [2.45, 2.75) is 32.1 Å². The smallest absolute Gasteiger partial charge is 0.325 e. The van der Waals surface area contributed by atoms with E-state index in [1.54, 1.807) is 0 Å². The second-order valence-electron chi connectivity index (χ2n) is 5.94. The number of hydrogen-bond donors (Lipinski definition) is 1. The lowest BCUT2D eigenvalue weighted by Gasteiger charge is -2.20. The Labute approximate surface area is 144 Å². The van der Waals surface area contributed by atoms with Crippen LogP contribution in [0.1, 0.15) is 42.5 Å². The van der Waals surface area contributed by atoms with Gasteiger partial charge in [0.25, 0.3) is 5.69 Å². The van der Waals surface area contributed by atoms with Gasteiger partial charge >= 0.3 is 5.97 Å². The van der Waals surface area contributed by atoms with Crippen LogP contribution in [0, 0.1) is 16.0 Å². The first kappa shape index (κ1) is 18.6. The molecule has 2 rings (SSSR count). The predicted octanol–water partition coefficient (Wildman–Crippen LogP) is 2.02. The van der Waals surface area contributed by atoms with Crippen molar-refractivity contribution in [2.75, 3.05) is 13.2 Å². The minimum Gasteiger partial charge on any atom is -0.456 e. The third-order valence-corrected chi connectivity index (χ3v) is 4.13. The number of hydrogen-bond acceptors (Lipinski definition) is 6. The van der Waals surface area contributed by atoms with Gasteiger partial charge in [0.15, 0.2) is 6.61 Å². The molecule has 8 heteroatoms. The van der Waals surface area contributed by atoms with Crippen molar-refractivity contribution in [3.63, 3.8) is 0 Å². The van der Waals surface area contributed by atoms with Gasteiger partial charge in [-0.25, -0.2) is 0 Å². The number of esters is 1. The molecule has 0 unspecified atom stereocenters. The fraction of sp³-hybridized carbons (Fsp3) is 0.471. The molecule has 1 N–H and O–H groups in total. The summed E-state index contributed by atoms with van der Waals surface area (Å²) in [7, 11) is 0. The summed E-state index contributed by atoms with van der Waals surface area (Å²) in [5, 5.41) is 13.2. The Morgan fingerprint density at radius 3 is 2.60 bits per heavy atom. The number of rotatable bonds is 7. The van der Waals surface area contributed by atoms with Crippen LogP contribution in [0.4, 0.5) is 5.69 Å². The Morgan fingerprint density at radius 1 is 1.20 bits per heavy atom. The van der Waals surface area contributed by atoms with Crippen LogP contribution < -0.4 is 5.32 Å². The number of nitro groups is 1. The van der Waals surface area contributed by atoms with E-state index in [2.05, 4.69) is 5.32 Å². The maximum atomic E-state index is 11.9. The normalized spacial score (nSPS) is 14.6. The second-order valence-corrected chi connectivity index (χ2v) is 5.94. The molecule has 1 aromatic rings. The zero-order chi connectivity index (χ0) is 18.2. The first-order chi connectivity index (χ1) is 12.0. The van der Waals surface area contributed by atoms with Crippen molar-refractivity contribution in [3.8, 4) is 0 Å². The predicted molar refractivity (Wildman–Crippen MR) is 88.0 cm³/mol. The molecule has 0 atom stereocenters. The summed E-state index contributed by atoms with van der Waals surface area (Å²) in [6.07, 6.45) is 4.81. The van der Waals surface area contributed by atoms with E-state index in [0.717, 1.165) is 38.2 Å². The van der Waals surface area contributed by atoms with Gasteiger partial charge in [-0.2, -0.15) is 0 Å². The third kappa shape index (κ3) is 5.66. The van der Waals surface area contributed by atoms with Crippen LogP contribution >= 0.6 is 0 Å². The Hall–Kier alpha value is -2.77. The van der Waals surface area contributed by atoms with E-state index in [1.165, 1.54) is 18.2 Å². The van der Waals surface area contributed by atoms with E-state index >= 15 is 0 Å². The van der Waals surface area contributed by atoms with Gasteiger partial charge in [-0.05, 0) is 12.8 Å². The van der Waals surface area contributed by atoms with E-state index in [1.807, 2.05) is 0 Å². The molecule has 0 bridgehead atoms. The number of ether oxygens (including phenoxy) is 1. The number of carbonyl (C=O) groups is 3. The summed E-state index contributed by atoms with van der Waals surface area (Å²) in [4.78, 5) is 45.6. The lowest BCUT2D eigenvalue weighted by molar-refractivity contribution is -0.384. The Kier molecular flexibility index (Phi) is 6.62. The fourth-order valence-electron chi connectivity index (χ4n) is 2.74. The van der Waals surface area contributed by atoms with Gasteiger partial charge in [-0.3, -0.25) is 24.5 Å². The van der Waals surface area contributed by atoms with Gasteiger partial charge in [0.2, 0.25) is 11.7 Å². The average Bonchev–Trinajstić information content (AvgIpc) is 2.64. The molecule has 0 saturated heterocycles. The topological polar surface area (TPSA) is 116 Å². The van der Waals surface area contributed by atoms with Crippen molar-refractivity contribution in [1.29, 1.82) is 0 Å². The Bertz CT molecular complexity index is 667. The van der Waals surface area contributed by atoms with E-state index in [0.29, 0.717) is 0 Å². The van der Waals surface area contributed by atoms with Crippen LogP contribution in [0.15, 0.2) is 24.3 Å². The minimum atomic E-state index is -0.719. The van der Waals surface area contributed by atoms with Gasteiger partial charge < -0.3 is 10.1 Å². The number of non-ortho nitro benzene ring substituents is 1. The highest BCUT2D eigenvalue weighted by Crippen LogP contribution is 2.23. The summed E-state index contributed by atoms with van der Waals surface area (Å²) in [5.41, 5.74) is -0.120. The van der Waals surface area contributed by atoms with Gasteiger partial charge in [0.05, 0.1) is 4.92 Å². The molecule has 0 heterocycles. The van der Waals surface area contributed by atoms with Crippen molar-refractivity contribution in [3.05, 3.63) is 39.9 Å². The van der Waals surface area contributed by atoms with Crippen molar-refractivity contribution < 1.29 is 24.0 Å². The van der Waals surface area contributed by atoms with Crippen LogP contribution in [0.25, 0.3) is 0 Å². The summed E-state index contributed by atoms with van der Waals surface area (Å²) in [5.74, 6) is -1.49. The molecule has 8 nitrogen and oxygen atoms in total. The maximum absolute atomic E-state index is 11.9. The van der Waals surface area contributed by atoms with Crippen LogP contribution in [0.3, 0.4) is 0 Å². The van der Waals surface area contributed by atoms with Gasteiger partial charge in [-0.1, -0.05) is 31.4 Å². The molecule has 0 radical (unpaired) electrons. The lowest BCUT2D eigenvalue weighted by Crippen LogP contribution is -2.36. The highest BCUT2D eigenvalue weighted by Gasteiger charge is 2.21. The van der Waals surface area contributed by atoms with Crippen molar-refractivity contribution >= 4 is 23.3 Å². The molecular weight excluding hydrogens is 328 g/mol. The Morgan fingerprint density at radius 2 is 1.92 bits per heavy atom. The van der Waals surface area contributed by atoms with Crippen molar-refractivity contribution in [1.82, 2.24) is 5.32 Å². The van der Waals surface area contributed by atoms with E-state index < -0.39 is 23.3 Å². The van der Waals surface area contributed by atoms with Crippen LogP contribution in [-0.2, 0) is 14.3 Å². The van der Waals surface area contributed by atoms with E-state index in [-0.39, 0.29) is 29.6 Å². The molecule has 0 aliphatic heterocycles. The van der Waals surface area contributed by atoms with Crippen LogP contribution in [0.5, 0.6) is 0 Å². The average molecular weight is 348 g/mol. The molecular formula is C17H20N2O6. The van der Waals surface area contributed by atoms with Crippen molar-refractivity contribution in [2.24, 2.45) is 5.92 Å². The van der Waals surface area contributed by atoms with Gasteiger partial charge in [-0.15, -0.1) is 0 Å². The van der Waals surface area contributed by atoms with Crippen LogP contribution in [0.2, 0.25) is 0 Å². The quantitative estimate of drug-likeness (QED) is 0.349. The molecule has 1 aliphatic carbocycles. The zero-order valence-electron chi connectivity index (χ0n) is 13.7. The van der Waals surface area contributed by atoms with Crippen LogP contribution in [-0.4, -0.2) is 35.7 Å². The minimum absolute atomic E-state index is 0.0620. The number of benzene rings is 1. The van der Waals surface area contributed by atoms with E-state index in [9.17, 15) is 24.5 Å². The molecule has 134 valence electrons. The summed E-state index contributed by atoms with van der Waals surface area (Å²) >= 11 is 0.